The Labute approximate surface area is 180 Å². The minimum Gasteiger partial charge on any atom is -0.352 e. The predicted octanol–water partition coefficient (Wildman–Crippen LogP) is 2.08. The minimum absolute atomic E-state index is 0.00933. The first-order chi connectivity index (χ1) is 14.4. The van der Waals surface area contributed by atoms with Gasteiger partial charge in [-0.15, -0.1) is 0 Å². The Kier molecular flexibility index (Phi) is 6.98. The summed E-state index contributed by atoms with van der Waals surface area (Å²) in [6.07, 6.45) is 6.72. The molecule has 2 aliphatic heterocycles. The molecule has 7 heteroatoms. The largest absolute Gasteiger partial charge is 0.352 e. The lowest BCUT2D eigenvalue weighted by Gasteiger charge is -2.37. The summed E-state index contributed by atoms with van der Waals surface area (Å²) >= 11 is 0. The maximum absolute atomic E-state index is 14.4. The molecular formula is C23H39FN4O2. The summed E-state index contributed by atoms with van der Waals surface area (Å²) in [7, 11) is 0. The molecule has 2 saturated carbocycles. The lowest BCUT2D eigenvalue weighted by atomic mass is 9.77. The highest BCUT2D eigenvalue weighted by molar-refractivity contribution is 5.82. The van der Waals surface area contributed by atoms with Crippen LogP contribution in [0.2, 0.25) is 0 Å². The van der Waals surface area contributed by atoms with Crippen molar-refractivity contribution in [3.8, 4) is 0 Å². The molecule has 2 heterocycles. The third kappa shape index (κ3) is 4.82. The van der Waals surface area contributed by atoms with Gasteiger partial charge in [-0.1, -0.05) is 6.92 Å². The van der Waals surface area contributed by atoms with E-state index in [-0.39, 0.29) is 35.9 Å². The topological polar surface area (TPSA) is 64.7 Å². The zero-order valence-electron chi connectivity index (χ0n) is 18.6. The molecule has 0 aromatic heterocycles. The molecule has 6 nitrogen and oxygen atoms in total. The molecule has 30 heavy (non-hydrogen) atoms. The second kappa shape index (κ2) is 9.51. The number of hydrogen-bond acceptors (Lipinski definition) is 4. The van der Waals surface area contributed by atoms with Crippen molar-refractivity contribution < 1.29 is 14.0 Å². The van der Waals surface area contributed by atoms with Crippen LogP contribution in [0.1, 0.15) is 65.2 Å². The quantitative estimate of drug-likeness (QED) is 0.731. The van der Waals surface area contributed by atoms with Gasteiger partial charge in [0.25, 0.3) is 0 Å². The van der Waals surface area contributed by atoms with E-state index in [1.165, 1.54) is 6.42 Å². The molecule has 4 aliphatic rings. The Morgan fingerprint density at radius 1 is 1.00 bits per heavy atom. The van der Waals surface area contributed by atoms with E-state index in [0.29, 0.717) is 24.8 Å². The highest BCUT2D eigenvalue weighted by atomic mass is 19.1. The van der Waals surface area contributed by atoms with E-state index in [2.05, 4.69) is 22.5 Å². The fraction of sp³-hybridized carbons (Fsp3) is 0.913. The highest BCUT2D eigenvalue weighted by Crippen LogP contribution is 2.38. The Morgan fingerprint density at radius 2 is 1.83 bits per heavy atom. The molecule has 0 aromatic rings. The van der Waals surface area contributed by atoms with Crippen LogP contribution in [0.5, 0.6) is 0 Å². The van der Waals surface area contributed by atoms with Crippen molar-refractivity contribution in [2.45, 2.75) is 95.6 Å². The first-order valence-electron chi connectivity index (χ1n) is 12.1. The second-order valence-corrected chi connectivity index (χ2v) is 10.1. The molecule has 0 spiro atoms. The average molecular weight is 423 g/mol. The number of halogens is 1. The Bertz CT molecular complexity index is 614. The molecule has 2 aliphatic carbocycles. The van der Waals surface area contributed by atoms with Gasteiger partial charge < -0.3 is 15.5 Å². The normalized spacial score (nSPS) is 40.5. The average Bonchev–Trinajstić information content (AvgIpc) is 3.04. The molecule has 2 amide bonds. The third-order valence-corrected chi connectivity index (χ3v) is 8.14. The Morgan fingerprint density at radius 3 is 2.60 bits per heavy atom. The first-order valence-corrected chi connectivity index (χ1v) is 12.1. The molecule has 4 fully saturated rings. The van der Waals surface area contributed by atoms with E-state index in [1.807, 2.05) is 4.90 Å². The van der Waals surface area contributed by atoms with E-state index >= 15 is 0 Å². The van der Waals surface area contributed by atoms with Crippen molar-refractivity contribution in [2.75, 3.05) is 26.2 Å². The van der Waals surface area contributed by atoms with Crippen LogP contribution in [0.15, 0.2) is 0 Å². The van der Waals surface area contributed by atoms with Crippen molar-refractivity contribution in [3.05, 3.63) is 0 Å². The molecule has 4 rings (SSSR count). The number of nitrogens with one attached hydrogen (secondary N) is 2. The molecule has 0 bridgehead atoms. The number of rotatable bonds is 3. The monoisotopic (exact) mass is 422 g/mol. The number of amides is 2. The summed E-state index contributed by atoms with van der Waals surface area (Å²) in [5.74, 6) is 0.662. The van der Waals surface area contributed by atoms with Gasteiger partial charge in [-0.2, -0.15) is 0 Å². The van der Waals surface area contributed by atoms with Gasteiger partial charge in [0.05, 0.1) is 6.04 Å². The van der Waals surface area contributed by atoms with Crippen molar-refractivity contribution in [1.82, 2.24) is 20.4 Å². The highest BCUT2D eigenvalue weighted by Gasteiger charge is 2.46. The van der Waals surface area contributed by atoms with Crippen molar-refractivity contribution in [3.63, 3.8) is 0 Å². The Balaban J connectivity index is 1.29. The standard InChI is InChI=1S/C23H39FN4O2/c1-15-7-8-20(24)19-14-21(26-22(15)19)23(30)25-17-5-3-6-18(13-17)28-10-4-9-27(11-12-28)16(2)29/h15,17-22,26H,3-14H2,1-2H3,(H,25,30)/t15?,17-,18-,19?,20?,21?,22?/m1/s1. The van der Waals surface area contributed by atoms with Crippen molar-refractivity contribution in [2.24, 2.45) is 11.8 Å². The number of nitrogens with zero attached hydrogens (tertiary/aromatic N) is 2. The van der Waals surface area contributed by atoms with Crippen LogP contribution in [-0.2, 0) is 9.59 Å². The van der Waals surface area contributed by atoms with Crippen molar-refractivity contribution >= 4 is 11.8 Å². The van der Waals surface area contributed by atoms with Gasteiger partial charge in [-0.25, -0.2) is 4.39 Å². The van der Waals surface area contributed by atoms with Crippen LogP contribution >= 0.6 is 0 Å². The minimum atomic E-state index is -0.770. The number of fused-ring (bicyclic) bond motifs is 1. The molecule has 5 unspecified atom stereocenters. The molecule has 7 atom stereocenters. The van der Waals surface area contributed by atoms with Crippen molar-refractivity contribution in [1.29, 1.82) is 0 Å². The van der Waals surface area contributed by atoms with Crippen LogP contribution in [0, 0.1) is 11.8 Å². The van der Waals surface area contributed by atoms with Gasteiger partial charge >= 0.3 is 0 Å². The fourth-order valence-electron chi connectivity index (χ4n) is 6.35. The molecule has 2 N–H and O–H groups in total. The number of carbonyl (C=O) groups excluding carboxylic acids is 2. The maximum Gasteiger partial charge on any atom is 0.237 e. The number of alkyl halides is 1. The third-order valence-electron chi connectivity index (χ3n) is 8.14. The zero-order valence-corrected chi connectivity index (χ0v) is 18.6. The molecule has 0 radical (unpaired) electrons. The SMILES string of the molecule is CC(=O)N1CCCN([C@@H]2CCC[C@@H](NC(=O)C3CC4C(F)CCC(C)C4N3)C2)CC1. The summed E-state index contributed by atoms with van der Waals surface area (Å²) in [6, 6.07) is 0.572. The van der Waals surface area contributed by atoms with Gasteiger partial charge in [0.2, 0.25) is 11.8 Å². The maximum atomic E-state index is 14.4. The summed E-state index contributed by atoms with van der Waals surface area (Å²) in [4.78, 5) is 29.1. The predicted molar refractivity (Wildman–Crippen MR) is 115 cm³/mol. The van der Waals surface area contributed by atoms with Gasteiger partial charge in [-0.3, -0.25) is 14.5 Å². The fourth-order valence-corrected chi connectivity index (χ4v) is 6.35. The molecule has 0 aromatic carbocycles. The van der Waals surface area contributed by atoms with E-state index in [9.17, 15) is 14.0 Å². The van der Waals surface area contributed by atoms with Crippen LogP contribution in [0.3, 0.4) is 0 Å². The van der Waals surface area contributed by atoms with Gasteiger partial charge in [0.1, 0.15) is 6.17 Å². The summed E-state index contributed by atoms with van der Waals surface area (Å²) in [6.45, 7) is 7.44. The van der Waals surface area contributed by atoms with Crippen LogP contribution in [0.25, 0.3) is 0 Å². The lowest BCUT2D eigenvalue weighted by molar-refractivity contribution is -0.128. The van der Waals surface area contributed by atoms with E-state index in [4.69, 9.17) is 0 Å². The second-order valence-electron chi connectivity index (χ2n) is 10.1. The van der Waals surface area contributed by atoms with Gasteiger partial charge in [0.15, 0.2) is 0 Å². The summed E-state index contributed by atoms with van der Waals surface area (Å²) < 4.78 is 14.4. The van der Waals surface area contributed by atoms with Crippen LogP contribution in [-0.4, -0.2) is 78.1 Å². The summed E-state index contributed by atoms with van der Waals surface area (Å²) in [5.41, 5.74) is 0. The van der Waals surface area contributed by atoms with Gasteiger partial charge in [0, 0.05) is 57.1 Å². The smallest absolute Gasteiger partial charge is 0.237 e. The van der Waals surface area contributed by atoms with E-state index in [1.54, 1.807) is 6.92 Å². The van der Waals surface area contributed by atoms with E-state index < -0.39 is 6.17 Å². The first kappa shape index (κ1) is 22.0. The Hall–Kier alpha value is -1.21. The molecular weight excluding hydrogens is 383 g/mol. The van der Waals surface area contributed by atoms with Gasteiger partial charge in [-0.05, 0) is 57.3 Å². The summed E-state index contributed by atoms with van der Waals surface area (Å²) in [5, 5.41) is 6.76. The molecule has 2 saturated heterocycles. The molecule has 170 valence electrons. The lowest BCUT2D eigenvalue weighted by Crippen LogP contribution is -2.51. The van der Waals surface area contributed by atoms with Crippen LogP contribution in [0.4, 0.5) is 4.39 Å². The van der Waals surface area contributed by atoms with Crippen LogP contribution < -0.4 is 10.6 Å². The number of carbonyl (C=O) groups is 2. The van der Waals surface area contributed by atoms with E-state index in [0.717, 1.165) is 58.3 Å². The zero-order chi connectivity index (χ0) is 21.3. The number of hydrogen-bond donors (Lipinski definition) is 2.